The molecule has 1 aliphatic rings. The van der Waals surface area contributed by atoms with Crippen LogP contribution in [-0.4, -0.2) is 6.10 Å². The van der Waals surface area contributed by atoms with E-state index in [0.717, 1.165) is 5.75 Å². The van der Waals surface area contributed by atoms with Crippen molar-refractivity contribution in [3.05, 3.63) is 53.6 Å². The van der Waals surface area contributed by atoms with E-state index in [1.54, 1.807) is 0 Å². The third-order valence-electron chi connectivity index (χ3n) is 3.46. The van der Waals surface area contributed by atoms with E-state index in [4.69, 9.17) is 10.5 Å². The van der Waals surface area contributed by atoms with E-state index in [1.165, 1.54) is 35.1 Å². The topological polar surface area (TPSA) is 35.2 Å². The highest BCUT2D eigenvalue weighted by Crippen LogP contribution is 2.31. The van der Waals surface area contributed by atoms with Crippen molar-refractivity contribution in [2.24, 2.45) is 5.73 Å². The fourth-order valence-electron chi connectivity index (χ4n) is 2.25. The Morgan fingerprint density at radius 1 is 1.16 bits per heavy atom. The molecule has 0 spiro atoms. The zero-order chi connectivity index (χ0) is 13.2. The van der Waals surface area contributed by atoms with E-state index in [1.807, 2.05) is 6.07 Å². The minimum atomic E-state index is 0.432. The summed E-state index contributed by atoms with van der Waals surface area (Å²) in [5.41, 5.74) is 10.7. The maximum absolute atomic E-state index is 5.86. The number of nitrogens with two attached hydrogens (primary N) is 1. The first-order valence-corrected chi connectivity index (χ1v) is 6.83. The lowest BCUT2D eigenvalue weighted by molar-refractivity contribution is 0.303. The number of rotatable bonds is 4. The summed E-state index contributed by atoms with van der Waals surface area (Å²) in [7, 11) is 0. The second kappa shape index (κ2) is 5.06. The summed E-state index contributed by atoms with van der Waals surface area (Å²) in [6.45, 7) is 2.66. The van der Waals surface area contributed by atoms with E-state index < -0.39 is 0 Å². The summed E-state index contributed by atoms with van der Waals surface area (Å²) in [4.78, 5) is 0. The lowest BCUT2D eigenvalue weighted by Crippen LogP contribution is -2.00. The Balaban J connectivity index is 1.98. The summed E-state index contributed by atoms with van der Waals surface area (Å²) in [5.74, 6) is 0.962. The molecule has 2 N–H and O–H groups in total. The Morgan fingerprint density at radius 3 is 2.74 bits per heavy atom. The van der Waals surface area contributed by atoms with Crippen molar-refractivity contribution < 1.29 is 4.74 Å². The van der Waals surface area contributed by atoms with Crippen LogP contribution in [0.25, 0.3) is 11.1 Å². The zero-order valence-electron chi connectivity index (χ0n) is 11.2. The second-order valence-corrected chi connectivity index (χ2v) is 5.21. The van der Waals surface area contributed by atoms with Crippen molar-refractivity contribution in [3.8, 4) is 16.9 Å². The van der Waals surface area contributed by atoms with Crippen LogP contribution in [0.3, 0.4) is 0 Å². The second-order valence-electron chi connectivity index (χ2n) is 5.21. The lowest BCUT2D eigenvalue weighted by atomic mass is 9.97. The van der Waals surface area contributed by atoms with Gasteiger partial charge in [-0.2, -0.15) is 0 Å². The highest BCUT2D eigenvalue weighted by Gasteiger charge is 2.23. The van der Waals surface area contributed by atoms with Gasteiger partial charge in [-0.3, -0.25) is 0 Å². The summed E-state index contributed by atoms with van der Waals surface area (Å²) in [6, 6.07) is 14.7. The molecule has 0 aromatic heterocycles. The Labute approximate surface area is 114 Å². The fraction of sp³-hybridized carbons (Fsp3) is 0.294. The SMILES string of the molecule is Cc1ccc(CN)c(-c2cccc(OC3CC3)c2)c1. The average Bonchev–Trinajstić information content (AvgIpc) is 3.23. The van der Waals surface area contributed by atoms with Crippen LogP contribution in [0.1, 0.15) is 24.0 Å². The van der Waals surface area contributed by atoms with Gasteiger partial charge in [0.1, 0.15) is 5.75 Å². The molecule has 1 fully saturated rings. The van der Waals surface area contributed by atoms with Gasteiger partial charge in [0, 0.05) is 6.54 Å². The van der Waals surface area contributed by atoms with Crippen molar-refractivity contribution in [1.82, 2.24) is 0 Å². The van der Waals surface area contributed by atoms with Gasteiger partial charge >= 0.3 is 0 Å². The Bertz CT molecular complexity index is 588. The molecule has 0 radical (unpaired) electrons. The van der Waals surface area contributed by atoms with Crippen molar-refractivity contribution in [1.29, 1.82) is 0 Å². The monoisotopic (exact) mass is 253 g/mol. The van der Waals surface area contributed by atoms with Crippen LogP contribution in [0.4, 0.5) is 0 Å². The molecule has 2 aromatic carbocycles. The average molecular weight is 253 g/mol. The molecule has 2 aromatic rings. The van der Waals surface area contributed by atoms with Gasteiger partial charge in [-0.1, -0.05) is 35.9 Å². The van der Waals surface area contributed by atoms with Crippen molar-refractivity contribution in [2.75, 3.05) is 0 Å². The molecule has 2 heteroatoms. The summed E-state index contributed by atoms with van der Waals surface area (Å²) < 4.78 is 5.86. The molecule has 0 atom stereocenters. The van der Waals surface area contributed by atoms with Crippen LogP contribution in [0.5, 0.6) is 5.75 Å². The molecule has 0 amide bonds. The van der Waals surface area contributed by atoms with E-state index in [2.05, 4.69) is 43.3 Å². The summed E-state index contributed by atoms with van der Waals surface area (Å²) in [6.07, 6.45) is 2.80. The number of benzene rings is 2. The Morgan fingerprint density at radius 2 is 2.00 bits per heavy atom. The smallest absolute Gasteiger partial charge is 0.120 e. The minimum Gasteiger partial charge on any atom is -0.490 e. The predicted octanol–water partition coefficient (Wildman–Crippen LogP) is 3.66. The third kappa shape index (κ3) is 2.79. The van der Waals surface area contributed by atoms with E-state index >= 15 is 0 Å². The van der Waals surface area contributed by atoms with Gasteiger partial charge in [0.25, 0.3) is 0 Å². The molecule has 98 valence electrons. The third-order valence-corrected chi connectivity index (χ3v) is 3.46. The van der Waals surface area contributed by atoms with Gasteiger partial charge in [-0.05, 0) is 48.6 Å². The van der Waals surface area contributed by atoms with Crippen LogP contribution in [-0.2, 0) is 6.54 Å². The Kier molecular flexibility index (Phi) is 3.26. The minimum absolute atomic E-state index is 0.432. The highest BCUT2D eigenvalue weighted by molar-refractivity contribution is 5.69. The largest absolute Gasteiger partial charge is 0.490 e. The van der Waals surface area contributed by atoms with E-state index in [0.29, 0.717) is 12.6 Å². The van der Waals surface area contributed by atoms with Crippen LogP contribution >= 0.6 is 0 Å². The molecular weight excluding hydrogens is 234 g/mol. The van der Waals surface area contributed by atoms with Crippen molar-refractivity contribution >= 4 is 0 Å². The van der Waals surface area contributed by atoms with Gasteiger partial charge < -0.3 is 10.5 Å². The predicted molar refractivity (Wildman–Crippen MR) is 78.2 cm³/mol. The van der Waals surface area contributed by atoms with E-state index in [-0.39, 0.29) is 0 Å². The molecule has 0 heterocycles. The normalized spacial score (nSPS) is 14.4. The van der Waals surface area contributed by atoms with Crippen LogP contribution in [0.2, 0.25) is 0 Å². The fourth-order valence-corrected chi connectivity index (χ4v) is 2.25. The molecule has 3 rings (SSSR count). The molecule has 1 saturated carbocycles. The van der Waals surface area contributed by atoms with Crippen LogP contribution in [0, 0.1) is 6.92 Å². The van der Waals surface area contributed by atoms with Gasteiger partial charge in [0.2, 0.25) is 0 Å². The maximum atomic E-state index is 5.86. The van der Waals surface area contributed by atoms with Crippen molar-refractivity contribution in [2.45, 2.75) is 32.4 Å². The van der Waals surface area contributed by atoms with Gasteiger partial charge in [0.15, 0.2) is 0 Å². The summed E-state index contributed by atoms with van der Waals surface area (Å²) >= 11 is 0. The van der Waals surface area contributed by atoms with Gasteiger partial charge in [-0.25, -0.2) is 0 Å². The van der Waals surface area contributed by atoms with Gasteiger partial charge in [-0.15, -0.1) is 0 Å². The molecule has 19 heavy (non-hydrogen) atoms. The standard InChI is InChI=1S/C17H19NO/c1-12-5-6-14(11-18)17(9-12)13-3-2-4-16(10-13)19-15-7-8-15/h2-6,9-10,15H,7-8,11,18H2,1H3. The first-order valence-electron chi connectivity index (χ1n) is 6.83. The highest BCUT2D eigenvalue weighted by atomic mass is 16.5. The first-order chi connectivity index (χ1) is 9.26. The van der Waals surface area contributed by atoms with Gasteiger partial charge in [0.05, 0.1) is 6.10 Å². The Hall–Kier alpha value is -1.80. The zero-order valence-corrected chi connectivity index (χ0v) is 11.2. The lowest BCUT2D eigenvalue weighted by Gasteiger charge is -2.11. The van der Waals surface area contributed by atoms with Crippen LogP contribution < -0.4 is 10.5 Å². The maximum Gasteiger partial charge on any atom is 0.120 e. The first kappa shape index (κ1) is 12.2. The molecule has 2 nitrogen and oxygen atoms in total. The molecule has 0 unspecified atom stereocenters. The quantitative estimate of drug-likeness (QED) is 0.902. The number of ether oxygens (including phenoxy) is 1. The molecule has 0 bridgehead atoms. The van der Waals surface area contributed by atoms with Crippen molar-refractivity contribution in [3.63, 3.8) is 0 Å². The number of aryl methyl sites for hydroxylation is 1. The number of hydrogen-bond acceptors (Lipinski definition) is 2. The molecular formula is C17H19NO. The summed E-state index contributed by atoms with van der Waals surface area (Å²) in [5, 5.41) is 0. The number of hydrogen-bond donors (Lipinski definition) is 1. The molecule has 0 aliphatic heterocycles. The molecule has 1 aliphatic carbocycles. The van der Waals surface area contributed by atoms with E-state index in [9.17, 15) is 0 Å². The van der Waals surface area contributed by atoms with Crippen LogP contribution in [0.15, 0.2) is 42.5 Å². The molecule has 0 saturated heterocycles.